The molecule has 3 aromatic rings. The number of carbonyl (C=O) groups is 1. The minimum Gasteiger partial charge on any atom is -0.478 e. The van der Waals surface area contributed by atoms with Crippen LogP contribution in [-0.4, -0.2) is 32.4 Å². The topological polar surface area (TPSA) is 107 Å². The van der Waals surface area contributed by atoms with E-state index in [9.17, 15) is 18.0 Å². The Labute approximate surface area is 151 Å². The van der Waals surface area contributed by atoms with Crippen molar-refractivity contribution in [3.05, 3.63) is 41.9 Å². The van der Waals surface area contributed by atoms with Gasteiger partial charge in [-0.15, -0.1) is 0 Å². The van der Waals surface area contributed by atoms with Gasteiger partial charge in [-0.2, -0.15) is 13.2 Å². The summed E-state index contributed by atoms with van der Waals surface area (Å²) in [6.45, 7) is 1.81. The number of nitrogens with one attached hydrogen (secondary N) is 1. The van der Waals surface area contributed by atoms with Crippen molar-refractivity contribution in [2.75, 3.05) is 6.61 Å². The lowest BCUT2D eigenvalue weighted by Gasteiger charge is -2.11. The number of hydrogen-bond donors (Lipinski definition) is 2. The van der Waals surface area contributed by atoms with Crippen molar-refractivity contribution in [2.24, 2.45) is 5.73 Å². The van der Waals surface area contributed by atoms with Gasteiger partial charge in [0, 0.05) is 29.5 Å². The molecule has 0 saturated carbocycles. The Balaban J connectivity index is 2.12. The van der Waals surface area contributed by atoms with Crippen molar-refractivity contribution < 1.29 is 22.7 Å². The van der Waals surface area contributed by atoms with E-state index in [1.54, 1.807) is 13.1 Å². The van der Waals surface area contributed by atoms with Crippen LogP contribution in [0.3, 0.4) is 0 Å². The first-order chi connectivity index (χ1) is 12.8. The minimum absolute atomic E-state index is 0.154. The third kappa shape index (κ3) is 4.05. The highest BCUT2D eigenvalue weighted by Gasteiger charge is 2.33. The second-order valence-electron chi connectivity index (χ2n) is 5.44. The van der Waals surface area contributed by atoms with Gasteiger partial charge in [-0.05, 0) is 19.1 Å². The van der Waals surface area contributed by atoms with Crippen LogP contribution in [-0.2, 0) is 11.0 Å². The number of primary amides is 1. The number of H-pyrrole nitrogens is 1. The lowest BCUT2D eigenvalue weighted by Crippen LogP contribution is -2.09. The molecule has 140 valence electrons. The fourth-order valence-corrected chi connectivity index (χ4v) is 2.37. The molecule has 0 aliphatic heterocycles. The van der Waals surface area contributed by atoms with E-state index in [1.807, 2.05) is 0 Å². The average molecular weight is 377 g/mol. The summed E-state index contributed by atoms with van der Waals surface area (Å²) in [4.78, 5) is 25.8. The van der Waals surface area contributed by atoms with E-state index >= 15 is 0 Å². The van der Waals surface area contributed by atoms with Gasteiger partial charge < -0.3 is 15.5 Å². The minimum atomic E-state index is -4.64. The molecule has 0 aliphatic carbocycles. The molecule has 7 nitrogen and oxygen atoms in total. The predicted octanol–water partition coefficient (Wildman–Crippen LogP) is 2.94. The van der Waals surface area contributed by atoms with Crippen LogP contribution in [0.15, 0.2) is 30.6 Å². The highest BCUT2D eigenvalue weighted by atomic mass is 19.4. The first-order valence-electron chi connectivity index (χ1n) is 7.82. The Hall–Kier alpha value is -3.43. The van der Waals surface area contributed by atoms with Crippen molar-refractivity contribution in [2.45, 2.75) is 13.1 Å². The number of alkyl halides is 3. The van der Waals surface area contributed by atoms with Crippen LogP contribution in [0.1, 0.15) is 18.2 Å². The first-order valence-corrected chi connectivity index (χ1v) is 7.82. The van der Waals surface area contributed by atoms with Crippen LogP contribution in [0.25, 0.3) is 28.5 Å². The molecule has 0 aliphatic rings. The molecule has 0 unspecified atom stereocenters. The molecule has 0 spiro atoms. The van der Waals surface area contributed by atoms with Crippen molar-refractivity contribution in [1.82, 2.24) is 19.9 Å². The molecule has 10 heteroatoms. The summed E-state index contributed by atoms with van der Waals surface area (Å²) in [5.74, 6) is -0.800. The van der Waals surface area contributed by atoms with Gasteiger partial charge in [0.15, 0.2) is 5.65 Å². The van der Waals surface area contributed by atoms with Gasteiger partial charge >= 0.3 is 6.18 Å². The standard InChI is InChI=1S/C17H14F3N5O2/c1-2-27-14-6-10(5-12(25-14)17(18,19)20)11-8-23-16-15(24-11)9(7-22-16)3-4-13(21)26/h3-8H,2H2,1H3,(H2,21,26)(H,22,23)/b4-3+. The molecule has 1 amide bonds. The third-order valence-electron chi connectivity index (χ3n) is 3.52. The van der Waals surface area contributed by atoms with Gasteiger partial charge in [-0.1, -0.05) is 0 Å². The monoisotopic (exact) mass is 377 g/mol. The van der Waals surface area contributed by atoms with E-state index in [-0.39, 0.29) is 23.7 Å². The van der Waals surface area contributed by atoms with Crippen LogP contribution >= 0.6 is 0 Å². The molecule has 0 saturated heterocycles. The Morgan fingerprint density at radius 3 is 2.78 bits per heavy atom. The zero-order valence-electron chi connectivity index (χ0n) is 14.0. The van der Waals surface area contributed by atoms with Crippen LogP contribution in [0, 0.1) is 0 Å². The summed E-state index contributed by atoms with van der Waals surface area (Å²) in [6, 6.07) is 2.24. The Bertz CT molecular complexity index is 1030. The number of aromatic amines is 1. The quantitative estimate of drug-likeness (QED) is 0.665. The van der Waals surface area contributed by atoms with Gasteiger partial charge in [0.2, 0.25) is 11.8 Å². The summed E-state index contributed by atoms with van der Waals surface area (Å²) >= 11 is 0. The highest BCUT2D eigenvalue weighted by Crippen LogP contribution is 2.33. The zero-order valence-corrected chi connectivity index (χ0v) is 14.0. The number of fused-ring (bicyclic) bond motifs is 1. The van der Waals surface area contributed by atoms with E-state index < -0.39 is 17.8 Å². The number of aromatic nitrogens is 4. The molecule has 3 heterocycles. The second-order valence-corrected chi connectivity index (χ2v) is 5.44. The van der Waals surface area contributed by atoms with Gasteiger partial charge in [-0.3, -0.25) is 4.79 Å². The Kier molecular flexibility index (Phi) is 4.80. The average Bonchev–Trinajstić information content (AvgIpc) is 3.01. The molecule has 0 bridgehead atoms. The molecule has 3 aromatic heterocycles. The molecular weight excluding hydrogens is 363 g/mol. The van der Waals surface area contributed by atoms with Crippen molar-refractivity contribution >= 4 is 23.1 Å². The number of halogens is 3. The first kappa shape index (κ1) is 18.4. The lowest BCUT2D eigenvalue weighted by atomic mass is 10.1. The van der Waals surface area contributed by atoms with Gasteiger partial charge in [0.05, 0.1) is 18.5 Å². The maximum Gasteiger partial charge on any atom is 0.433 e. The van der Waals surface area contributed by atoms with Crippen molar-refractivity contribution in [1.29, 1.82) is 0 Å². The SMILES string of the molecule is CCOc1cc(-c2cnc3[nH]cc(/C=C/C(N)=O)c3n2)cc(C(F)(F)F)n1. The number of nitrogens with zero attached hydrogens (tertiary/aromatic N) is 3. The number of pyridine rings is 1. The van der Waals surface area contributed by atoms with Crippen LogP contribution in [0.2, 0.25) is 0 Å². The highest BCUT2D eigenvalue weighted by molar-refractivity contribution is 5.93. The van der Waals surface area contributed by atoms with Crippen molar-refractivity contribution in [3.63, 3.8) is 0 Å². The molecule has 27 heavy (non-hydrogen) atoms. The molecule has 0 aromatic carbocycles. The molecule has 0 radical (unpaired) electrons. The molecule has 0 atom stereocenters. The summed E-state index contributed by atoms with van der Waals surface area (Å²) in [5.41, 5.74) is 5.66. The summed E-state index contributed by atoms with van der Waals surface area (Å²) < 4.78 is 44.5. The number of rotatable bonds is 5. The van der Waals surface area contributed by atoms with Crippen LogP contribution in [0.5, 0.6) is 5.88 Å². The second kappa shape index (κ2) is 7.06. The van der Waals surface area contributed by atoms with E-state index in [4.69, 9.17) is 10.5 Å². The smallest absolute Gasteiger partial charge is 0.433 e. The number of ether oxygens (including phenoxy) is 1. The van der Waals surface area contributed by atoms with Crippen LogP contribution in [0.4, 0.5) is 13.2 Å². The molecule has 3 N–H and O–H groups in total. The fourth-order valence-electron chi connectivity index (χ4n) is 2.37. The summed E-state index contributed by atoms with van der Waals surface area (Å²) in [6.07, 6.45) is 0.860. The van der Waals surface area contributed by atoms with E-state index in [1.165, 1.54) is 18.3 Å². The van der Waals surface area contributed by atoms with Crippen LogP contribution < -0.4 is 10.5 Å². The number of hydrogen-bond acceptors (Lipinski definition) is 5. The molecular formula is C17H14F3N5O2. The molecule has 3 rings (SSSR count). The third-order valence-corrected chi connectivity index (χ3v) is 3.52. The number of amides is 1. The van der Waals surface area contributed by atoms with E-state index in [0.29, 0.717) is 16.7 Å². The summed E-state index contributed by atoms with van der Waals surface area (Å²) in [7, 11) is 0. The van der Waals surface area contributed by atoms with Gasteiger partial charge in [0.25, 0.3) is 0 Å². The van der Waals surface area contributed by atoms with E-state index in [2.05, 4.69) is 19.9 Å². The lowest BCUT2D eigenvalue weighted by molar-refractivity contribution is -0.141. The van der Waals surface area contributed by atoms with Gasteiger partial charge in [0.1, 0.15) is 11.2 Å². The number of carbonyl (C=O) groups excluding carboxylic acids is 1. The fraction of sp³-hybridized carbons (Fsp3) is 0.176. The molecule has 0 fully saturated rings. The van der Waals surface area contributed by atoms with Crippen molar-refractivity contribution in [3.8, 4) is 17.1 Å². The maximum atomic E-state index is 13.1. The largest absolute Gasteiger partial charge is 0.478 e. The Morgan fingerprint density at radius 2 is 2.11 bits per heavy atom. The zero-order chi connectivity index (χ0) is 19.6. The summed E-state index contributed by atoms with van der Waals surface area (Å²) in [5, 5.41) is 0. The predicted molar refractivity (Wildman–Crippen MR) is 91.5 cm³/mol. The maximum absolute atomic E-state index is 13.1. The van der Waals surface area contributed by atoms with Gasteiger partial charge in [-0.25, -0.2) is 15.0 Å². The number of nitrogens with two attached hydrogens (primary N) is 1. The Morgan fingerprint density at radius 1 is 1.33 bits per heavy atom. The van der Waals surface area contributed by atoms with E-state index in [0.717, 1.165) is 12.1 Å². The normalized spacial score (nSPS) is 12.0.